The number of hydrogen-bond donors (Lipinski definition) is 0. The van der Waals surface area contributed by atoms with Gasteiger partial charge in [-0.3, -0.25) is 9.69 Å². The second-order valence-electron chi connectivity index (χ2n) is 6.62. The quantitative estimate of drug-likeness (QED) is 0.564. The second kappa shape index (κ2) is 7.37. The van der Waals surface area contributed by atoms with Gasteiger partial charge < -0.3 is 9.47 Å². The Labute approximate surface area is 168 Å². The number of rotatable bonds is 4. The average molecular weight is 398 g/mol. The Balaban J connectivity index is 1.52. The molecule has 0 aliphatic carbocycles. The van der Waals surface area contributed by atoms with Crippen LogP contribution >= 0.6 is 24.0 Å². The number of nitrogens with zero attached hydrogens (tertiary/aromatic N) is 1. The molecule has 1 atom stereocenters. The van der Waals surface area contributed by atoms with E-state index in [0.29, 0.717) is 15.8 Å². The zero-order valence-electron chi connectivity index (χ0n) is 15.1. The van der Waals surface area contributed by atoms with Crippen LogP contribution in [0.15, 0.2) is 47.4 Å². The van der Waals surface area contributed by atoms with Gasteiger partial charge in [0.25, 0.3) is 5.91 Å². The lowest BCUT2D eigenvalue weighted by Gasteiger charge is -2.14. The molecule has 0 saturated carbocycles. The summed E-state index contributed by atoms with van der Waals surface area (Å²) in [5.74, 6) is 1.68. The van der Waals surface area contributed by atoms with E-state index in [1.165, 1.54) is 17.3 Å². The monoisotopic (exact) mass is 397 g/mol. The average Bonchev–Trinajstić information content (AvgIpc) is 3.15. The third-order valence-corrected chi connectivity index (χ3v) is 5.97. The molecule has 4 nitrogen and oxygen atoms in total. The summed E-state index contributed by atoms with van der Waals surface area (Å²) in [6.45, 7) is 2.52. The third kappa shape index (κ3) is 3.73. The molecule has 1 fully saturated rings. The summed E-state index contributed by atoms with van der Waals surface area (Å²) in [7, 11) is 1.63. The van der Waals surface area contributed by atoms with Gasteiger partial charge in [0, 0.05) is 6.42 Å². The van der Waals surface area contributed by atoms with Crippen LogP contribution in [0.3, 0.4) is 0 Å². The third-order valence-electron chi connectivity index (χ3n) is 4.59. The number of thioether (sulfide) groups is 1. The Hall–Kier alpha value is -2.31. The molecule has 2 aromatic carbocycles. The topological polar surface area (TPSA) is 38.8 Å². The molecule has 1 saturated heterocycles. The zero-order valence-corrected chi connectivity index (χ0v) is 16.7. The minimum absolute atomic E-state index is 0.0501. The number of ether oxygens (including phenoxy) is 2. The Morgan fingerprint density at radius 3 is 2.81 bits per heavy atom. The van der Waals surface area contributed by atoms with Gasteiger partial charge in [-0.2, -0.15) is 0 Å². The van der Waals surface area contributed by atoms with Crippen molar-refractivity contribution in [1.29, 1.82) is 0 Å². The Morgan fingerprint density at radius 1 is 1.30 bits per heavy atom. The maximum absolute atomic E-state index is 12.8. The predicted octanol–water partition coefficient (Wildman–Crippen LogP) is 4.42. The number of carbonyl (C=O) groups is 1. The van der Waals surface area contributed by atoms with Crippen LogP contribution in [0.4, 0.5) is 0 Å². The molecule has 2 aliphatic rings. The largest absolute Gasteiger partial charge is 0.497 e. The molecule has 0 aromatic heterocycles. The molecule has 0 radical (unpaired) electrons. The summed E-state index contributed by atoms with van der Waals surface area (Å²) in [5.41, 5.74) is 3.19. The summed E-state index contributed by atoms with van der Waals surface area (Å²) >= 11 is 6.79. The van der Waals surface area contributed by atoms with Crippen LogP contribution < -0.4 is 9.47 Å². The molecule has 1 amide bonds. The fourth-order valence-electron chi connectivity index (χ4n) is 3.23. The highest BCUT2D eigenvalue weighted by molar-refractivity contribution is 8.26. The van der Waals surface area contributed by atoms with E-state index in [0.717, 1.165) is 29.0 Å². The first-order chi connectivity index (χ1) is 13.0. The SMILES string of the molecule is COc1ccc(CN2C(=O)/C(=C/c3ccc4c(c3)C[C@H](C)O4)SC2=S)cc1. The number of hydrogen-bond acceptors (Lipinski definition) is 5. The van der Waals surface area contributed by atoms with Crippen molar-refractivity contribution in [3.63, 3.8) is 0 Å². The van der Waals surface area contributed by atoms with Gasteiger partial charge in [0.15, 0.2) is 0 Å². The van der Waals surface area contributed by atoms with E-state index in [1.54, 1.807) is 12.0 Å². The fraction of sp³-hybridized carbons (Fsp3) is 0.238. The van der Waals surface area contributed by atoms with Crippen molar-refractivity contribution in [1.82, 2.24) is 4.90 Å². The highest BCUT2D eigenvalue weighted by Crippen LogP contribution is 2.35. The first kappa shape index (κ1) is 18.1. The van der Waals surface area contributed by atoms with Crippen LogP contribution in [0.5, 0.6) is 11.5 Å². The summed E-state index contributed by atoms with van der Waals surface area (Å²) in [6.07, 6.45) is 3.02. The van der Waals surface area contributed by atoms with Crippen LogP contribution in [0.2, 0.25) is 0 Å². The first-order valence-electron chi connectivity index (χ1n) is 8.71. The van der Waals surface area contributed by atoms with E-state index in [1.807, 2.05) is 42.5 Å². The molecule has 4 rings (SSSR count). The summed E-state index contributed by atoms with van der Waals surface area (Å²) in [4.78, 5) is 15.1. The maximum atomic E-state index is 12.8. The molecule has 0 N–H and O–H groups in total. The molecular formula is C21H19NO3S2. The van der Waals surface area contributed by atoms with E-state index in [-0.39, 0.29) is 12.0 Å². The molecule has 0 spiro atoms. The molecule has 0 bridgehead atoms. The fourth-order valence-corrected chi connectivity index (χ4v) is 4.49. The van der Waals surface area contributed by atoms with E-state index in [9.17, 15) is 4.79 Å². The van der Waals surface area contributed by atoms with Crippen molar-refractivity contribution in [3.8, 4) is 11.5 Å². The molecular weight excluding hydrogens is 378 g/mol. The van der Waals surface area contributed by atoms with E-state index >= 15 is 0 Å². The molecule has 6 heteroatoms. The number of benzene rings is 2. The number of amides is 1. The standard InChI is InChI=1S/C21H19NO3S2/c1-13-9-16-10-15(5-8-18(16)25-13)11-19-20(23)22(21(26)27-19)12-14-3-6-17(24-2)7-4-14/h3-8,10-11,13H,9,12H2,1-2H3/b19-11-/t13-/m0/s1. The Bertz CT molecular complexity index is 937. The summed E-state index contributed by atoms with van der Waals surface area (Å²) < 4.78 is 11.5. The second-order valence-corrected chi connectivity index (χ2v) is 8.29. The van der Waals surface area contributed by atoms with Gasteiger partial charge in [-0.15, -0.1) is 0 Å². The van der Waals surface area contributed by atoms with Gasteiger partial charge in [-0.05, 0) is 54.0 Å². The minimum atomic E-state index is -0.0501. The lowest BCUT2D eigenvalue weighted by molar-refractivity contribution is -0.122. The van der Waals surface area contributed by atoms with Crippen LogP contribution in [0.25, 0.3) is 6.08 Å². The highest BCUT2D eigenvalue weighted by Gasteiger charge is 2.32. The lowest BCUT2D eigenvalue weighted by atomic mass is 10.1. The smallest absolute Gasteiger partial charge is 0.266 e. The van der Waals surface area contributed by atoms with Crippen molar-refractivity contribution in [2.75, 3.05) is 7.11 Å². The van der Waals surface area contributed by atoms with Crippen LogP contribution in [0.1, 0.15) is 23.6 Å². The Kier molecular flexibility index (Phi) is 4.93. The number of fused-ring (bicyclic) bond motifs is 1. The summed E-state index contributed by atoms with van der Waals surface area (Å²) in [5, 5.41) is 0. The van der Waals surface area contributed by atoms with Crippen LogP contribution in [-0.2, 0) is 17.8 Å². The van der Waals surface area contributed by atoms with Gasteiger partial charge >= 0.3 is 0 Å². The maximum Gasteiger partial charge on any atom is 0.266 e. The van der Waals surface area contributed by atoms with Gasteiger partial charge in [-0.1, -0.05) is 42.2 Å². The van der Waals surface area contributed by atoms with Crippen molar-refractivity contribution in [2.24, 2.45) is 0 Å². The van der Waals surface area contributed by atoms with Gasteiger partial charge in [0.05, 0.1) is 18.6 Å². The van der Waals surface area contributed by atoms with E-state index in [2.05, 4.69) is 13.0 Å². The van der Waals surface area contributed by atoms with Crippen molar-refractivity contribution >= 4 is 40.3 Å². The molecule has 27 heavy (non-hydrogen) atoms. The number of methoxy groups -OCH3 is 1. The van der Waals surface area contributed by atoms with Crippen LogP contribution in [0, 0.1) is 0 Å². The predicted molar refractivity (Wildman–Crippen MR) is 112 cm³/mol. The van der Waals surface area contributed by atoms with Gasteiger partial charge in [0.1, 0.15) is 21.9 Å². The zero-order chi connectivity index (χ0) is 19.0. The Morgan fingerprint density at radius 2 is 2.07 bits per heavy atom. The van der Waals surface area contributed by atoms with Crippen LogP contribution in [-0.4, -0.2) is 28.3 Å². The van der Waals surface area contributed by atoms with Gasteiger partial charge in [0.2, 0.25) is 0 Å². The normalized spacial score (nSPS) is 20.1. The molecule has 2 aliphatic heterocycles. The van der Waals surface area contributed by atoms with Crippen molar-refractivity contribution in [3.05, 3.63) is 64.1 Å². The van der Waals surface area contributed by atoms with E-state index in [4.69, 9.17) is 21.7 Å². The van der Waals surface area contributed by atoms with Crippen molar-refractivity contribution in [2.45, 2.75) is 26.0 Å². The molecule has 2 heterocycles. The number of carbonyl (C=O) groups excluding carboxylic acids is 1. The molecule has 2 aromatic rings. The molecule has 0 unspecified atom stereocenters. The van der Waals surface area contributed by atoms with Crippen molar-refractivity contribution < 1.29 is 14.3 Å². The minimum Gasteiger partial charge on any atom is -0.497 e. The lowest BCUT2D eigenvalue weighted by Crippen LogP contribution is -2.27. The highest BCUT2D eigenvalue weighted by atomic mass is 32.2. The van der Waals surface area contributed by atoms with Gasteiger partial charge in [-0.25, -0.2) is 0 Å². The first-order valence-corrected chi connectivity index (χ1v) is 9.94. The molecule has 138 valence electrons. The summed E-state index contributed by atoms with van der Waals surface area (Å²) in [6, 6.07) is 13.7. The number of thiocarbonyl (C=S) groups is 1. The van der Waals surface area contributed by atoms with E-state index < -0.39 is 0 Å².